The van der Waals surface area contributed by atoms with E-state index in [0.717, 1.165) is 45.8 Å². The molecule has 2 saturated heterocycles. The lowest BCUT2D eigenvalue weighted by molar-refractivity contribution is -0.0454. The quantitative estimate of drug-likeness (QED) is 0.744. The fourth-order valence-corrected chi connectivity index (χ4v) is 2.78. The molecule has 2 rings (SSSR count). The molecule has 0 aliphatic carbocycles. The molecule has 0 amide bonds. The van der Waals surface area contributed by atoms with Crippen molar-refractivity contribution >= 4 is 0 Å². The molecule has 2 heterocycles. The van der Waals surface area contributed by atoms with Gasteiger partial charge in [-0.2, -0.15) is 0 Å². The van der Waals surface area contributed by atoms with Crippen molar-refractivity contribution < 1.29 is 9.84 Å². The van der Waals surface area contributed by atoms with E-state index in [1.165, 1.54) is 6.42 Å². The molecule has 0 saturated carbocycles. The summed E-state index contributed by atoms with van der Waals surface area (Å²) in [6.45, 7) is 8.69. The highest BCUT2D eigenvalue weighted by Gasteiger charge is 2.28. The van der Waals surface area contributed by atoms with Crippen LogP contribution in [0.15, 0.2) is 0 Å². The largest absolute Gasteiger partial charge is 0.395 e. The van der Waals surface area contributed by atoms with Crippen LogP contribution in [0.3, 0.4) is 0 Å². The minimum absolute atomic E-state index is 0.296. The maximum atomic E-state index is 9.27. The Hall–Kier alpha value is -0.160. The molecular weight excluding hydrogens is 204 g/mol. The molecule has 0 aromatic rings. The molecule has 0 spiro atoms. The van der Waals surface area contributed by atoms with Crippen LogP contribution in [0.25, 0.3) is 0 Å². The van der Waals surface area contributed by atoms with Gasteiger partial charge in [0.1, 0.15) is 0 Å². The van der Waals surface area contributed by atoms with Gasteiger partial charge in [0, 0.05) is 25.7 Å². The summed E-state index contributed by atoms with van der Waals surface area (Å²) in [5, 5.41) is 9.27. The summed E-state index contributed by atoms with van der Waals surface area (Å²) in [4.78, 5) is 4.84. The highest BCUT2D eigenvalue weighted by Crippen LogP contribution is 2.18. The number of morpholine rings is 1. The molecule has 2 aliphatic rings. The normalized spacial score (nSPS) is 33.4. The van der Waals surface area contributed by atoms with Gasteiger partial charge in [-0.05, 0) is 25.9 Å². The number of ether oxygens (including phenoxy) is 1. The van der Waals surface area contributed by atoms with Crippen molar-refractivity contribution in [2.75, 3.05) is 45.9 Å². The third kappa shape index (κ3) is 2.94. The first-order valence-electron chi connectivity index (χ1n) is 6.52. The molecule has 2 aliphatic heterocycles. The third-order valence-electron chi connectivity index (χ3n) is 3.82. The minimum atomic E-state index is 0.296. The highest BCUT2D eigenvalue weighted by molar-refractivity contribution is 4.82. The monoisotopic (exact) mass is 228 g/mol. The van der Waals surface area contributed by atoms with Crippen molar-refractivity contribution in [3.63, 3.8) is 0 Å². The smallest absolute Gasteiger partial charge is 0.0829 e. The Bertz CT molecular complexity index is 213. The van der Waals surface area contributed by atoms with Crippen molar-refractivity contribution in [3.05, 3.63) is 0 Å². The molecule has 94 valence electrons. The molecule has 0 bridgehead atoms. The summed E-state index contributed by atoms with van der Waals surface area (Å²) < 4.78 is 5.80. The van der Waals surface area contributed by atoms with Crippen LogP contribution in [0.4, 0.5) is 0 Å². The molecule has 0 radical (unpaired) electrons. The zero-order chi connectivity index (χ0) is 11.4. The molecule has 4 heteroatoms. The highest BCUT2D eigenvalue weighted by atomic mass is 16.5. The predicted octanol–water partition coefficient (Wildman–Crippen LogP) is 0.164. The Kier molecular flexibility index (Phi) is 4.58. The number of rotatable bonds is 4. The lowest BCUT2D eigenvalue weighted by Gasteiger charge is -2.35. The van der Waals surface area contributed by atoms with E-state index in [4.69, 9.17) is 4.74 Å². The van der Waals surface area contributed by atoms with Gasteiger partial charge in [-0.25, -0.2) is 0 Å². The van der Waals surface area contributed by atoms with Crippen molar-refractivity contribution in [2.45, 2.75) is 31.9 Å². The second-order valence-electron chi connectivity index (χ2n) is 4.86. The number of aliphatic hydroxyl groups excluding tert-OH is 1. The average Bonchev–Trinajstić information content (AvgIpc) is 2.76. The van der Waals surface area contributed by atoms with Gasteiger partial charge >= 0.3 is 0 Å². The van der Waals surface area contributed by atoms with E-state index in [1.807, 2.05) is 0 Å². The predicted molar refractivity (Wildman–Crippen MR) is 63.5 cm³/mol. The molecule has 2 fully saturated rings. The summed E-state index contributed by atoms with van der Waals surface area (Å²) in [5.74, 6) is 0. The second-order valence-corrected chi connectivity index (χ2v) is 4.86. The number of nitrogens with zero attached hydrogens (tertiary/aromatic N) is 2. The number of hydrogen-bond acceptors (Lipinski definition) is 4. The summed E-state index contributed by atoms with van der Waals surface area (Å²) in [7, 11) is 0. The van der Waals surface area contributed by atoms with Crippen molar-refractivity contribution in [1.82, 2.24) is 9.80 Å². The van der Waals surface area contributed by atoms with Crippen LogP contribution in [0.1, 0.15) is 19.8 Å². The molecule has 0 aromatic carbocycles. The number of aliphatic hydroxyl groups is 1. The summed E-state index contributed by atoms with van der Waals surface area (Å²) in [6.07, 6.45) is 2.69. The standard InChI is InChI=1S/C12H24N2O2/c1-2-13-6-7-16-12(8-13)9-14-5-3-4-11(14)10-15/h11-12,15H,2-10H2,1H3/t11-,12?/m1/s1. The van der Waals surface area contributed by atoms with Gasteiger partial charge < -0.3 is 9.84 Å². The van der Waals surface area contributed by atoms with Crippen molar-refractivity contribution in [1.29, 1.82) is 0 Å². The maximum Gasteiger partial charge on any atom is 0.0829 e. The topological polar surface area (TPSA) is 35.9 Å². The van der Waals surface area contributed by atoms with E-state index in [9.17, 15) is 5.11 Å². The number of likely N-dealkylation sites (tertiary alicyclic amines) is 1. The minimum Gasteiger partial charge on any atom is -0.395 e. The van der Waals surface area contributed by atoms with Gasteiger partial charge in [0.25, 0.3) is 0 Å². The van der Waals surface area contributed by atoms with Crippen LogP contribution in [0.2, 0.25) is 0 Å². The first-order chi connectivity index (χ1) is 7.83. The van der Waals surface area contributed by atoms with Crippen LogP contribution < -0.4 is 0 Å². The fraction of sp³-hybridized carbons (Fsp3) is 1.00. The molecule has 1 unspecified atom stereocenters. The van der Waals surface area contributed by atoms with Gasteiger partial charge in [-0.15, -0.1) is 0 Å². The first-order valence-corrected chi connectivity index (χ1v) is 6.52. The van der Waals surface area contributed by atoms with Crippen molar-refractivity contribution in [2.24, 2.45) is 0 Å². The van der Waals surface area contributed by atoms with Crippen LogP contribution in [0.5, 0.6) is 0 Å². The Morgan fingerprint density at radius 3 is 3.00 bits per heavy atom. The Morgan fingerprint density at radius 1 is 1.38 bits per heavy atom. The lowest BCUT2D eigenvalue weighted by Crippen LogP contribution is -2.48. The average molecular weight is 228 g/mol. The maximum absolute atomic E-state index is 9.27. The number of hydrogen-bond donors (Lipinski definition) is 1. The third-order valence-corrected chi connectivity index (χ3v) is 3.82. The Balaban J connectivity index is 1.79. The van der Waals surface area contributed by atoms with E-state index in [1.54, 1.807) is 0 Å². The lowest BCUT2D eigenvalue weighted by atomic mass is 10.2. The van der Waals surface area contributed by atoms with Gasteiger partial charge in [-0.1, -0.05) is 6.92 Å². The summed E-state index contributed by atoms with van der Waals surface area (Å²) >= 11 is 0. The molecule has 16 heavy (non-hydrogen) atoms. The summed E-state index contributed by atoms with van der Waals surface area (Å²) in [5.41, 5.74) is 0. The van der Waals surface area contributed by atoms with E-state index in [-0.39, 0.29) is 0 Å². The van der Waals surface area contributed by atoms with Crippen LogP contribution in [0, 0.1) is 0 Å². The summed E-state index contributed by atoms with van der Waals surface area (Å²) in [6, 6.07) is 0.376. The zero-order valence-corrected chi connectivity index (χ0v) is 10.3. The van der Waals surface area contributed by atoms with Crippen LogP contribution >= 0.6 is 0 Å². The van der Waals surface area contributed by atoms with Gasteiger partial charge in [-0.3, -0.25) is 9.80 Å². The first kappa shape index (κ1) is 12.3. The van der Waals surface area contributed by atoms with E-state index in [2.05, 4.69) is 16.7 Å². The van der Waals surface area contributed by atoms with Gasteiger partial charge in [0.05, 0.1) is 19.3 Å². The Morgan fingerprint density at radius 2 is 2.25 bits per heavy atom. The molecular formula is C12H24N2O2. The zero-order valence-electron chi connectivity index (χ0n) is 10.3. The van der Waals surface area contributed by atoms with Crippen LogP contribution in [-0.2, 0) is 4.74 Å². The molecule has 4 nitrogen and oxygen atoms in total. The van der Waals surface area contributed by atoms with Gasteiger partial charge in [0.2, 0.25) is 0 Å². The Labute approximate surface area is 98.2 Å². The van der Waals surface area contributed by atoms with Crippen LogP contribution in [-0.4, -0.2) is 73.0 Å². The van der Waals surface area contributed by atoms with E-state index >= 15 is 0 Å². The SMILES string of the molecule is CCN1CCOC(CN2CCC[C@@H]2CO)C1. The van der Waals surface area contributed by atoms with E-state index in [0.29, 0.717) is 18.8 Å². The van der Waals surface area contributed by atoms with E-state index < -0.39 is 0 Å². The molecule has 0 aromatic heterocycles. The fourth-order valence-electron chi connectivity index (χ4n) is 2.78. The van der Waals surface area contributed by atoms with Crippen molar-refractivity contribution in [3.8, 4) is 0 Å². The second kappa shape index (κ2) is 5.96. The van der Waals surface area contributed by atoms with Gasteiger partial charge in [0.15, 0.2) is 0 Å². The molecule has 1 N–H and O–H groups in total. The number of likely N-dealkylation sites (N-methyl/N-ethyl adjacent to an activating group) is 1. The molecule has 2 atom stereocenters.